The predicted molar refractivity (Wildman–Crippen MR) is 80.5 cm³/mol. The fourth-order valence-corrected chi connectivity index (χ4v) is 2.79. The largest absolute Gasteiger partial charge is 0.395 e. The smallest absolute Gasteiger partial charge is 0.228 e. The van der Waals surface area contributed by atoms with Crippen molar-refractivity contribution >= 4 is 10.0 Å². The zero-order chi connectivity index (χ0) is 15.7. The Hall–Kier alpha value is -1.86. The van der Waals surface area contributed by atoms with Crippen molar-refractivity contribution < 1.29 is 13.5 Å². The van der Waals surface area contributed by atoms with Gasteiger partial charge < -0.3 is 5.11 Å². The van der Waals surface area contributed by atoms with Gasteiger partial charge in [0.25, 0.3) is 0 Å². The molecule has 0 amide bonds. The van der Waals surface area contributed by atoms with Crippen molar-refractivity contribution in [3.05, 3.63) is 35.4 Å². The van der Waals surface area contributed by atoms with Gasteiger partial charge in [0.05, 0.1) is 12.7 Å². The van der Waals surface area contributed by atoms with Crippen molar-refractivity contribution in [2.75, 3.05) is 6.61 Å². The van der Waals surface area contributed by atoms with Crippen molar-refractivity contribution in [2.24, 2.45) is 0 Å². The number of nitriles is 1. The number of hydrogen-bond donors (Lipinski definition) is 2. The van der Waals surface area contributed by atoms with E-state index in [0.29, 0.717) is 6.42 Å². The molecule has 1 unspecified atom stereocenters. The van der Waals surface area contributed by atoms with Gasteiger partial charge in [0.15, 0.2) is 5.25 Å². The van der Waals surface area contributed by atoms with Crippen LogP contribution >= 0.6 is 0 Å². The first-order chi connectivity index (χ1) is 10.0. The van der Waals surface area contributed by atoms with Crippen molar-refractivity contribution in [2.45, 2.75) is 31.6 Å². The number of aliphatic hydroxyl groups is 1. The molecular formula is C15H18N2O3S. The van der Waals surface area contributed by atoms with Gasteiger partial charge in [0.1, 0.15) is 0 Å². The lowest BCUT2D eigenvalue weighted by atomic mass is 10.1. The Bertz CT molecular complexity index is 666. The Balaban J connectivity index is 2.75. The number of aliphatic hydroxyl groups excluding tert-OH is 1. The SMILES string of the molecule is CCC(C#N)S(=O)(=O)NCc1cccc(C#CCCO)c1. The van der Waals surface area contributed by atoms with Gasteiger partial charge in [-0.3, -0.25) is 0 Å². The van der Waals surface area contributed by atoms with Gasteiger partial charge in [-0.25, -0.2) is 13.1 Å². The zero-order valence-corrected chi connectivity index (χ0v) is 12.7. The monoisotopic (exact) mass is 306 g/mol. The molecule has 5 nitrogen and oxygen atoms in total. The third-order valence-corrected chi connectivity index (χ3v) is 4.50. The van der Waals surface area contributed by atoms with E-state index in [0.717, 1.165) is 11.1 Å². The van der Waals surface area contributed by atoms with E-state index in [4.69, 9.17) is 10.4 Å². The second-order valence-electron chi connectivity index (χ2n) is 4.37. The number of rotatable bonds is 6. The third-order valence-electron chi connectivity index (χ3n) is 2.76. The summed E-state index contributed by atoms with van der Waals surface area (Å²) in [6.07, 6.45) is 0.649. The lowest BCUT2D eigenvalue weighted by Crippen LogP contribution is -2.32. The molecule has 1 atom stereocenters. The molecule has 2 N–H and O–H groups in total. The van der Waals surface area contributed by atoms with Gasteiger partial charge in [0.2, 0.25) is 10.0 Å². The summed E-state index contributed by atoms with van der Waals surface area (Å²) in [5.41, 5.74) is 1.52. The van der Waals surface area contributed by atoms with Crippen LogP contribution in [0, 0.1) is 23.2 Å². The molecule has 0 aliphatic carbocycles. The maximum absolute atomic E-state index is 11.9. The van der Waals surface area contributed by atoms with E-state index in [1.165, 1.54) is 0 Å². The Morgan fingerprint density at radius 1 is 1.43 bits per heavy atom. The van der Waals surface area contributed by atoms with Crippen molar-refractivity contribution in [1.82, 2.24) is 4.72 Å². The Morgan fingerprint density at radius 2 is 2.19 bits per heavy atom. The quantitative estimate of drug-likeness (QED) is 0.771. The van der Waals surface area contributed by atoms with Gasteiger partial charge in [0, 0.05) is 18.5 Å². The van der Waals surface area contributed by atoms with E-state index in [1.54, 1.807) is 31.2 Å². The summed E-state index contributed by atoms with van der Waals surface area (Å²) in [6.45, 7) is 1.79. The minimum absolute atomic E-state index is 0.0130. The molecule has 0 aliphatic rings. The molecule has 0 saturated heterocycles. The predicted octanol–water partition coefficient (Wildman–Crippen LogP) is 1.14. The van der Waals surface area contributed by atoms with Gasteiger partial charge in [-0.15, -0.1) is 0 Å². The van der Waals surface area contributed by atoms with Crippen LogP contribution in [-0.2, 0) is 16.6 Å². The maximum Gasteiger partial charge on any atom is 0.228 e. The van der Waals surface area contributed by atoms with Crippen molar-refractivity contribution in [1.29, 1.82) is 5.26 Å². The van der Waals surface area contributed by atoms with Crippen LogP contribution in [0.2, 0.25) is 0 Å². The molecule has 0 heterocycles. The molecule has 0 bridgehead atoms. The number of nitrogens with one attached hydrogen (secondary N) is 1. The summed E-state index contributed by atoms with van der Waals surface area (Å²) in [5.74, 6) is 5.69. The average Bonchev–Trinajstić information content (AvgIpc) is 2.47. The molecule has 0 aromatic heterocycles. The van der Waals surface area contributed by atoms with Gasteiger partial charge in [-0.1, -0.05) is 30.9 Å². The summed E-state index contributed by atoms with van der Waals surface area (Å²) in [6, 6.07) is 8.94. The van der Waals surface area contributed by atoms with Crippen LogP contribution in [0.1, 0.15) is 30.9 Å². The standard InChI is InChI=1S/C15H18N2O3S/c1-2-15(11-16)21(19,20)17-12-14-8-5-7-13(10-14)6-3-4-9-18/h5,7-8,10,15,17-18H,2,4,9,12H2,1H3. The second kappa shape index (κ2) is 8.43. The molecule has 21 heavy (non-hydrogen) atoms. The van der Waals surface area contributed by atoms with Gasteiger partial charge in [-0.05, 0) is 24.1 Å². The fourth-order valence-electron chi connectivity index (χ4n) is 1.64. The lowest BCUT2D eigenvalue weighted by molar-refractivity contribution is 0.305. The first kappa shape index (κ1) is 17.2. The molecule has 0 spiro atoms. The van der Waals surface area contributed by atoms with E-state index in [9.17, 15) is 8.42 Å². The van der Waals surface area contributed by atoms with Crippen LogP contribution in [0.25, 0.3) is 0 Å². The normalized spacial score (nSPS) is 12.0. The highest BCUT2D eigenvalue weighted by atomic mass is 32.2. The zero-order valence-electron chi connectivity index (χ0n) is 11.8. The molecule has 6 heteroatoms. The van der Waals surface area contributed by atoms with Crippen LogP contribution in [-0.4, -0.2) is 25.4 Å². The number of benzene rings is 1. The molecule has 0 radical (unpaired) electrons. The van der Waals surface area contributed by atoms with E-state index >= 15 is 0 Å². The van der Waals surface area contributed by atoms with Crippen LogP contribution < -0.4 is 4.72 Å². The van der Waals surface area contributed by atoms with Crippen LogP contribution in [0.3, 0.4) is 0 Å². The molecule has 1 aromatic rings. The minimum Gasteiger partial charge on any atom is -0.395 e. The van der Waals surface area contributed by atoms with Crippen molar-refractivity contribution in [3.63, 3.8) is 0 Å². The fraction of sp³-hybridized carbons (Fsp3) is 0.400. The average molecular weight is 306 g/mol. The van der Waals surface area contributed by atoms with E-state index < -0.39 is 15.3 Å². The van der Waals surface area contributed by atoms with Gasteiger partial charge in [-0.2, -0.15) is 5.26 Å². The third kappa shape index (κ3) is 5.57. The highest BCUT2D eigenvalue weighted by Crippen LogP contribution is 2.07. The lowest BCUT2D eigenvalue weighted by Gasteiger charge is -2.10. The Morgan fingerprint density at radius 3 is 2.81 bits per heavy atom. The molecule has 0 aliphatic heterocycles. The van der Waals surface area contributed by atoms with Crippen LogP contribution in [0.15, 0.2) is 24.3 Å². The van der Waals surface area contributed by atoms with Crippen molar-refractivity contribution in [3.8, 4) is 17.9 Å². The van der Waals surface area contributed by atoms with Crippen LogP contribution in [0.5, 0.6) is 0 Å². The highest BCUT2D eigenvalue weighted by molar-refractivity contribution is 7.90. The first-order valence-corrected chi connectivity index (χ1v) is 8.15. The summed E-state index contributed by atoms with van der Waals surface area (Å²) >= 11 is 0. The van der Waals surface area contributed by atoms with Crippen LogP contribution in [0.4, 0.5) is 0 Å². The topological polar surface area (TPSA) is 90.2 Å². The van der Waals surface area contributed by atoms with Gasteiger partial charge >= 0.3 is 0 Å². The summed E-state index contributed by atoms with van der Waals surface area (Å²) in [5, 5.41) is 16.4. The minimum atomic E-state index is -3.63. The Kier molecular flexibility index (Phi) is 6.90. The number of hydrogen-bond acceptors (Lipinski definition) is 4. The second-order valence-corrected chi connectivity index (χ2v) is 6.32. The number of sulfonamides is 1. The van der Waals surface area contributed by atoms with E-state index in [1.807, 2.05) is 6.07 Å². The maximum atomic E-state index is 11.9. The molecule has 0 saturated carbocycles. The van der Waals surface area contributed by atoms with E-state index in [2.05, 4.69) is 16.6 Å². The molecule has 112 valence electrons. The molecule has 0 fully saturated rings. The summed E-state index contributed by atoms with van der Waals surface area (Å²) in [7, 11) is -3.63. The molecular weight excluding hydrogens is 288 g/mol. The first-order valence-electron chi connectivity index (χ1n) is 6.60. The Labute approximate surface area is 125 Å². The number of nitrogens with zero attached hydrogens (tertiary/aromatic N) is 1. The summed E-state index contributed by atoms with van der Waals surface area (Å²) < 4.78 is 26.2. The highest BCUT2D eigenvalue weighted by Gasteiger charge is 2.22. The summed E-state index contributed by atoms with van der Waals surface area (Å²) in [4.78, 5) is 0. The van der Waals surface area contributed by atoms with E-state index in [-0.39, 0.29) is 19.6 Å². The molecule has 1 rings (SSSR count). The molecule has 1 aromatic carbocycles.